The van der Waals surface area contributed by atoms with E-state index in [2.05, 4.69) is 37.2 Å². The molecule has 74 valence electrons. The number of aliphatic imine (C=N–C) groups is 1. The van der Waals surface area contributed by atoms with Gasteiger partial charge in [0.25, 0.3) is 6.02 Å². The molecule has 0 amide bonds. The summed E-state index contributed by atoms with van der Waals surface area (Å²) in [5.41, 5.74) is 0.197. The van der Waals surface area contributed by atoms with Crippen molar-refractivity contribution in [2.24, 2.45) is 10.4 Å². The molecule has 1 aliphatic heterocycles. The fourth-order valence-electron chi connectivity index (χ4n) is 1.17. The van der Waals surface area contributed by atoms with Gasteiger partial charge < -0.3 is 10.1 Å². The Bertz CT molecular complexity index is 231. The highest BCUT2D eigenvalue weighted by Gasteiger charge is 2.27. The van der Waals surface area contributed by atoms with Crippen LogP contribution < -0.4 is 5.32 Å². The van der Waals surface area contributed by atoms with Crippen LogP contribution in [0.3, 0.4) is 0 Å². The van der Waals surface area contributed by atoms with E-state index in [9.17, 15) is 0 Å². The van der Waals surface area contributed by atoms with Crippen molar-refractivity contribution in [1.29, 1.82) is 0 Å². The summed E-state index contributed by atoms with van der Waals surface area (Å²) >= 11 is 0. The van der Waals surface area contributed by atoms with Crippen LogP contribution in [0.15, 0.2) is 17.3 Å². The van der Waals surface area contributed by atoms with E-state index in [1.54, 1.807) is 7.11 Å². The van der Waals surface area contributed by atoms with Gasteiger partial charge in [0.2, 0.25) is 0 Å². The topological polar surface area (TPSA) is 33.6 Å². The van der Waals surface area contributed by atoms with Crippen molar-refractivity contribution >= 4 is 6.02 Å². The van der Waals surface area contributed by atoms with Gasteiger partial charge in [-0.2, -0.15) is 0 Å². The Balaban J connectivity index is 2.75. The van der Waals surface area contributed by atoms with E-state index in [1.807, 2.05) is 6.20 Å². The van der Waals surface area contributed by atoms with Crippen LogP contribution in [0.25, 0.3) is 0 Å². The molecular formula is C10H18N2O. The van der Waals surface area contributed by atoms with Crippen LogP contribution in [0.1, 0.15) is 27.2 Å². The maximum absolute atomic E-state index is 5.05. The maximum atomic E-state index is 5.05. The molecule has 1 heterocycles. The van der Waals surface area contributed by atoms with Gasteiger partial charge in [0.15, 0.2) is 0 Å². The second-order valence-corrected chi connectivity index (χ2v) is 3.93. The summed E-state index contributed by atoms with van der Waals surface area (Å²) in [7, 11) is 1.63. The summed E-state index contributed by atoms with van der Waals surface area (Å²) in [6.45, 7) is 6.60. The minimum atomic E-state index is 0.197. The first-order valence-electron chi connectivity index (χ1n) is 4.65. The first-order valence-corrected chi connectivity index (χ1v) is 4.65. The number of methoxy groups -OCH3 is 1. The Hall–Kier alpha value is -0.990. The minimum Gasteiger partial charge on any atom is -0.468 e. The number of ether oxygens (including phenoxy) is 1. The number of hydrogen-bond acceptors (Lipinski definition) is 3. The monoisotopic (exact) mass is 182 g/mol. The zero-order valence-electron chi connectivity index (χ0n) is 8.79. The van der Waals surface area contributed by atoms with Gasteiger partial charge in [0.1, 0.15) is 0 Å². The summed E-state index contributed by atoms with van der Waals surface area (Å²) in [5, 5.41) is 2.94. The third kappa shape index (κ3) is 2.23. The van der Waals surface area contributed by atoms with E-state index in [4.69, 9.17) is 4.74 Å². The summed E-state index contributed by atoms with van der Waals surface area (Å²) < 4.78 is 5.05. The third-order valence-electron chi connectivity index (χ3n) is 2.65. The third-order valence-corrected chi connectivity index (χ3v) is 2.65. The van der Waals surface area contributed by atoms with Crippen molar-refractivity contribution in [2.75, 3.05) is 7.11 Å². The van der Waals surface area contributed by atoms with E-state index in [0.29, 0.717) is 6.02 Å². The number of amidine groups is 1. The van der Waals surface area contributed by atoms with Gasteiger partial charge >= 0.3 is 0 Å². The molecule has 0 saturated heterocycles. The lowest BCUT2D eigenvalue weighted by Crippen LogP contribution is -2.33. The molecule has 0 aromatic rings. The van der Waals surface area contributed by atoms with Crippen molar-refractivity contribution < 1.29 is 4.74 Å². The number of hydrogen-bond donors (Lipinski definition) is 1. The van der Waals surface area contributed by atoms with Gasteiger partial charge in [0.05, 0.1) is 13.2 Å². The van der Waals surface area contributed by atoms with Crippen molar-refractivity contribution in [3.63, 3.8) is 0 Å². The molecule has 0 fully saturated rings. The van der Waals surface area contributed by atoms with Gasteiger partial charge in [-0.3, -0.25) is 0 Å². The number of nitrogens with zero attached hydrogens (tertiary/aromatic N) is 1. The molecule has 13 heavy (non-hydrogen) atoms. The highest BCUT2D eigenvalue weighted by Crippen LogP contribution is 2.29. The first-order chi connectivity index (χ1) is 6.10. The Morgan fingerprint density at radius 2 is 2.31 bits per heavy atom. The van der Waals surface area contributed by atoms with Gasteiger partial charge in [-0.1, -0.05) is 20.8 Å². The molecule has 1 rings (SSSR count). The Morgan fingerprint density at radius 3 is 2.85 bits per heavy atom. The molecule has 0 saturated carbocycles. The molecular weight excluding hydrogens is 164 g/mol. The minimum absolute atomic E-state index is 0.197. The zero-order chi connectivity index (χ0) is 9.90. The molecule has 0 aliphatic carbocycles. The zero-order valence-corrected chi connectivity index (χ0v) is 8.79. The summed E-state index contributed by atoms with van der Waals surface area (Å²) in [6, 6.07) is 0.822. The van der Waals surface area contributed by atoms with Gasteiger partial charge in [-0.05, 0) is 17.9 Å². The van der Waals surface area contributed by atoms with E-state index in [1.165, 1.54) is 0 Å². The van der Waals surface area contributed by atoms with Crippen LogP contribution in [-0.4, -0.2) is 19.2 Å². The average Bonchev–Trinajstić information content (AvgIpc) is 2.18. The van der Waals surface area contributed by atoms with Crippen LogP contribution in [0.5, 0.6) is 0 Å². The number of nitrogens with one attached hydrogen (secondary N) is 1. The molecule has 1 atom stereocenters. The van der Waals surface area contributed by atoms with E-state index >= 15 is 0 Å². The molecule has 0 radical (unpaired) electrons. The number of rotatable bonds is 2. The molecule has 1 unspecified atom stereocenters. The first kappa shape index (κ1) is 10.1. The molecule has 3 nitrogen and oxygen atoms in total. The molecule has 1 aliphatic rings. The lowest BCUT2D eigenvalue weighted by molar-refractivity contribution is 0.298. The molecule has 0 spiro atoms. The van der Waals surface area contributed by atoms with Crippen molar-refractivity contribution in [3.8, 4) is 0 Å². The molecule has 0 aromatic carbocycles. The Labute approximate surface area is 79.9 Å². The molecule has 3 heteroatoms. The Kier molecular flexibility index (Phi) is 2.96. The second-order valence-electron chi connectivity index (χ2n) is 3.93. The summed E-state index contributed by atoms with van der Waals surface area (Å²) in [6.07, 6.45) is 5.07. The van der Waals surface area contributed by atoms with Crippen molar-refractivity contribution in [1.82, 2.24) is 5.32 Å². The van der Waals surface area contributed by atoms with Crippen molar-refractivity contribution in [2.45, 2.75) is 33.2 Å². The standard InChI is InChI=1S/C10H18N2O/c1-5-10(2,3)8-6-7-11-9(12-8)13-4/h6-8H,5H2,1-4H3,(H,11,12). The van der Waals surface area contributed by atoms with Crippen LogP contribution in [0.2, 0.25) is 0 Å². The van der Waals surface area contributed by atoms with Gasteiger partial charge in [-0.25, -0.2) is 4.99 Å². The highest BCUT2D eigenvalue weighted by molar-refractivity contribution is 5.75. The maximum Gasteiger partial charge on any atom is 0.289 e. The van der Waals surface area contributed by atoms with Gasteiger partial charge in [0, 0.05) is 6.20 Å². The quantitative estimate of drug-likeness (QED) is 0.707. The lowest BCUT2D eigenvalue weighted by atomic mass is 9.82. The smallest absolute Gasteiger partial charge is 0.289 e. The van der Waals surface area contributed by atoms with E-state index < -0.39 is 0 Å². The van der Waals surface area contributed by atoms with E-state index in [-0.39, 0.29) is 11.5 Å². The molecule has 0 bridgehead atoms. The lowest BCUT2D eigenvalue weighted by Gasteiger charge is -2.30. The Morgan fingerprint density at radius 1 is 1.62 bits per heavy atom. The average molecular weight is 182 g/mol. The largest absolute Gasteiger partial charge is 0.468 e. The second kappa shape index (κ2) is 3.81. The normalized spacial score (nSPS) is 22.2. The predicted molar refractivity (Wildman–Crippen MR) is 54.6 cm³/mol. The van der Waals surface area contributed by atoms with Crippen LogP contribution in [-0.2, 0) is 4.74 Å². The van der Waals surface area contributed by atoms with Crippen LogP contribution in [0, 0.1) is 5.41 Å². The summed E-state index contributed by atoms with van der Waals surface area (Å²) in [4.78, 5) is 4.44. The summed E-state index contributed by atoms with van der Waals surface area (Å²) in [5.74, 6) is 0. The van der Waals surface area contributed by atoms with Crippen LogP contribution >= 0.6 is 0 Å². The predicted octanol–water partition coefficient (Wildman–Crippen LogP) is 1.91. The highest BCUT2D eigenvalue weighted by atomic mass is 16.5. The van der Waals surface area contributed by atoms with Crippen molar-refractivity contribution in [3.05, 3.63) is 12.3 Å². The molecule has 1 N–H and O–H groups in total. The van der Waals surface area contributed by atoms with E-state index in [0.717, 1.165) is 6.42 Å². The fourth-order valence-corrected chi connectivity index (χ4v) is 1.17. The SMILES string of the molecule is CCC(C)(C)C1C=CNC(OC)=N1. The van der Waals surface area contributed by atoms with Crippen LogP contribution in [0.4, 0.5) is 0 Å². The van der Waals surface area contributed by atoms with Gasteiger partial charge in [-0.15, -0.1) is 0 Å². The molecule has 0 aromatic heterocycles. The fraction of sp³-hybridized carbons (Fsp3) is 0.700.